The van der Waals surface area contributed by atoms with Gasteiger partial charge in [0.25, 0.3) is 5.69 Å². The van der Waals surface area contributed by atoms with E-state index in [9.17, 15) is 14.9 Å². The molecule has 21 heavy (non-hydrogen) atoms. The molecule has 1 saturated heterocycles. The minimum atomic E-state index is -0.828. The summed E-state index contributed by atoms with van der Waals surface area (Å²) < 4.78 is 0. The Bertz CT molecular complexity index is 617. The van der Waals surface area contributed by atoms with Gasteiger partial charge in [0.2, 0.25) is 5.91 Å². The Kier molecular flexibility index (Phi) is 4.36. The molecule has 0 bridgehead atoms. The third-order valence-corrected chi connectivity index (χ3v) is 3.40. The number of likely N-dealkylation sites (N-methyl/N-ethyl adjacent to an activating group) is 1. The van der Waals surface area contributed by atoms with E-state index in [-0.39, 0.29) is 11.3 Å². The lowest BCUT2D eigenvalue weighted by atomic mass is 10.1. The molecular weight excluding hydrogens is 276 g/mol. The zero-order valence-corrected chi connectivity index (χ0v) is 11.5. The van der Waals surface area contributed by atoms with Crippen LogP contribution in [0.4, 0.5) is 11.4 Å². The maximum atomic E-state index is 11.5. The van der Waals surface area contributed by atoms with Gasteiger partial charge in [0, 0.05) is 42.7 Å². The summed E-state index contributed by atoms with van der Waals surface area (Å²) in [5, 5.41) is 14.2. The van der Waals surface area contributed by atoms with Crippen molar-refractivity contribution >= 4 is 17.3 Å². The zero-order valence-electron chi connectivity index (χ0n) is 11.5. The van der Waals surface area contributed by atoms with Crippen LogP contribution in [0.3, 0.4) is 0 Å². The molecule has 0 radical (unpaired) electrons. The van der Waals surface area contributed by atoms with Crippen molar-refractivity contribution < 1.29 is 9.72 Å². The van der Waals surface area contributed by atoms with Gasteiger partial charge in [-0.1, -0.05) is 0 Å². The Morgan fingerprint density at radius 1 is 1.38 bits per heavy atom. The normalized spacial score (nSPS) is 15.4. The van der Waals surface area contributed by atoms with Gasteiger partial charge in [-0.2, -0.15) is 0 Å². The molecule has 0 atom stereocenters. The average molecular weight is 290 g/mol. The number of nitrogens with zero attached hydrogens (tertiary/aromatic N) is 6. The fraction of sp³-hybridized carbons (Fsp3) is 0.417. The molecule has 1 aliphatic heterocycles. The van der Waals surface area contributed by atoms with Crippen LogP contribution < -0.4 is 4.90 Å². The molecule has 1 heterocycles. The van der Waals surface area contributed by atoms with Gasteiger partial charge in [-0.25, -0.2) is 0 Å². The number of hydrogen-bond acceptors (Lipinski definition) is 5. The van der Waals surface area contributed by atoms with Crippen LogP contribution in [0.25, 0.3) is 10.4 Å². The number of carbonyl (C=O) groups is 1. The summed E-state index contributed by atoms with van der Waals surface area (Å²) >= 11 is 0. The second-order valence-electron chi connectivity index (χ2n) is 4.75. The summed E-state index contributed by atoms with van der Waals surface area (Å²) in [5.41, 5.74) is 8.59. The Morgan fingerprint density at radius 3 is 2.62 bits per heavy atom. The van der Waals surface area contributed by atoms with Crippen molar-refractivity contribution in [2.45, 2.75) is 0 Å². The summed E-state index contributed by atoms with van der Waals surface area (Å²) in [6, 6.07) is 4.13. The summed E-state index contributed by atoms with van der Waals surface area (Å²) in [4.78, 5) is 28.6. The fourth-order valence-electron chi connectivity index (χ4n) is 2.22. The Balaban J connectivity index is 2.35. The first kappa shape index (κ1) is 14.8. The van der Waals surface area contributed by atoms with Gasteiger partial charge in [0.05, 0.1) is 4.92 Å². The lowest BCUT2D eigenvalue weighted by Gasteiger charge is -2.33. The molecule has 1 fully saturated rings. The van der Waals surface area contributed by atoms with Crippen LogP contribution in [0.2, 0.25) is 0 Å². The van der Waals surface area contributed by atoms with Crippen LogP contribution in [0, 0.1) is 10.1 Å². The molecule has 1 aromatic rings. The van der Waals surface area contributed by atoms with E-state index in [1.54, 1.807) is 0 Å². The van der Waals surface area contributed by atoms with E-state index >= 15 is 0 Å². The lowest BCUT2D eigenvalue weighted by molar-refractivity contribution is -0.384. The molecule has 0 aromatic heterocycles. The number of azide groups is 1. The second-order valence-corrected chi connectivity index (χ2v) is 4.75. The molecule has 1 aliphatic rings. The highest BCUT2D eigenvalue weighted by atomic mass is 16.6. The number of anilines is 1. The van der Waals surface area contributed by atoms with E-state index in [4.69, 9.17) is 5.53 Å². The molecule has 110 valence electrons. The van der Waals surface area contributed by atoms with E-state index in [2.05, 4.69) is 14.9 Å². The molecule has 9 heteroatoms. The smallest absolute Gasteiger partial charge is 0.293 e. The van der Waals surface area contributed by atoms with Crippen LogP contribution in [-0.4, -0.2) is 49.0 Å². The Morgan fingerprint density at radius 2 is 2.05 bits per heavy atom. The summed E-state index contributed by atoms with van der Waals surface area (Å²) in [7, 11) is 1.99. The van der Waals surface area contributed by atoms with Crippen molar-refractivity contribution in [3.05, 3.63) is 44.3 Å². The molecule has 1 amide bonds. The molecule has 0 N–H and O–H groups in total. The number of piperazine rings is 1. The molecule has 0 unspecified atom stereocenters. The maximum absolute atomic E-state index is 11.5. The number of hydrogen-bond donors (Lipinski definition) is 0. The highest BCUT2D eigenvalue weighted by Gasteiger charge is 2.23. The standard InChI is InChI=1S/C12H14N6O3/c1-16-4-6-17(7-5-16)10-3-2-9(12(19)14-15-13)8-11(10)18(20)21/h2-3,8H,4-7H2,1H3. The minimum Gasteiger partial charge on any atom is -0.363 e. The van der Waals surface area contributed by atoms with Crippen molar-refractivity contribution in [1.29, 1.82) is 0 Å². The van der Waals surface area contributed by atoms with Gasteiger partial charge >= 0.3 is 0 Å². The van der Waals surface area contributed by atoms with Crippen LogP contribution in [-0.2, 0) is 0 Å². The fourth-order valence-corrected chi connectivity index (χ4v) is 2.22. The highest BCUT2D eigenvalue weighted by molar-refractivity contribution is 5.96. The minimum absolute atomic E-state index is 0.0115. The number of nitro groups is 1. The van der Waals surface area contributed by atoms with Crippen LogP contribution >= 0.6 is 0 Å². The van der Waals surface area contributed by atoms with Crippen LogP contribution in [0.1, 0.15) is 10.4 Å². The Labute approximate surface area is 120 Å². The van der Waals surface area contributed by atoms with Gasteiger partial charge in [0.1, 0.15) is 5.69 Å². The predicted molar refractivity (Wildman–Crippen MR) is 76.3 cm³/mol. The molecule has 9 nitrogen and oxygen atoms in total. The van der Waals surface area contributed by atoms with Crippen molar-refractivity contribution in [3.8, 4) is 0 Å². The van der Waals surface area contributed by atoms with Gasteiger partial charge < -0.3 is 9.80 Å². The Hall–Kier alpha value is -2.64. The van der Waals surface area contributed by atoms with Gasteiger partial charge in [-0.15, -0.1) is 0 Å². The number of rotatable bonds is 3. The van der Waals surface area contributed by atoms with Crippen molar-refractivity contribution in [2.24, 2.45) is 5.11 Å². The predicted octanol–water partition coefficient (Wildman–Crippen LogP) is 1.80. The molecule has 0 saturated carbocycles. The monoisotopic (exact) mass is 290 g/mol. The van der Waals surface area contributed by atoms with E-state index in [1.807, 2.05) is 11.9 Å². The number of nitro benzene ring substituents is 1. The van der Waals surface area contributed by atoms with Gasteiger partial charge in [-0.05, 0) is 29.8 Å². The number of benzene rings is 1. The quantitative estimate of drug-likeness (QED) is 0.277. The van der Waals surface area contributed by atoms with Crippen molar-refractivity contribution in [1.82, 2.24) is 4.90 Å². The summed E-state index contributed by atoms with van der Waals surface area (Å²) in [6.45, 7) is 3.00. The lowest BCUT2D eigenvalue weighted by Crippen LogP contribution is -2.44. The highest BCUT2D eigenvalue weighted by Crippen LogP contribution is 2.30. The first-order chi connectivity index (χ1) is 10.0. The third-order valence-electron chi connectivity index (χ3n) is 3.40. The van der Waals surface area contributed by atoms with Crippen molar-refractivity contribution in [3.63, 3.8) is 0 Å². The van der Waals surface area contributed by atoms with Crippen LogP contribution in [0.5, 0.6) is 0 Å². The molecule has 2 rings (SSSR count). The van der Waals surface area contributed by atoms with E-state index in [0.29, 0.717) is 18.8 Å². The first-order valence-corrected chi connectivity index (χ1v) is 6.34. The van der Waals surface area contributed by atoms with Crippen molar-refractivity contribution in [2.75, 3.05) is 38.1 Å². The van der Waals surface area contributed by atoms with E-state index in [1.165, 1.54) is 12.1 Å². The summed E-state index contributed by atoms with van der Waals surface area (Å²) in [5.74, 6) is -0.828. The molecule has 1 aromatic carbocycles. The van der Waals surface area contributed by atoms with E-state index in [0.717, 1.165) is 19.2 Å². The van der Waals surface area contributed by atoms with E-state index < -0.39 is 10.8 Å². The first-order valence-electron chi connectivity index (χ1n) is 6.34. The second kappa shape index (κ2) is 6.21. The van der Waals surface area contributed by atoms with Gasteiger partial charge in [0.15, 0.2) is 0 Å². The third kappa shape index (κ3) is 3.28. The maximum Gasteiger partial charge on any atom is 0.293 e. The average Bonchev–Trinajstić information content (AvgIpc) is 2.47. The number of amides is 1. The molecule has 0 spiro atoms. The summed E-state index contributed by atoms with van der Waals surface area (Å²) in [6.07, 6.45) is 0. The molecular formula is C12H14N6O3. The zero-order chi connectivity index (χ0) is 15.4. The number of carbonyl (C=O) groups excluding carboxylic acids is 1. The molecule has 0 aliphatic carbocycles. The SMILES string of the molecule is CN1CCN(c2ccc(C(=O)N=[N+]=[N-])cc2[N+](=O)[O-])CC1. The van der Waals surface area contributed by atoms with Crippen LogP contribution in [0.15, 0.2) is 23.3 Å². The largest absolute Gasteiger partial charge is 0.363 e. The van der Waals surface area contributed by atoms with Gasteiger partial charge in [-0.3, -0.25) is 14.9 Å². The topological polar surface area (TPSA) is 115 Å².